The molecule has 1 aromatic rings. The van der Waals surface area contributed by atoms with Crippen molar-refractivity contribution < 1.29 is 0 Å². The highest BCUT2D eigenvalue weighted by atomic mass is 79.9. The van der Waals surface area contributed by atoms with Crippen LogP contribution < -0.4 is 0 Å². The zero-order valence-corrected chi connectivity index (χ0v) is 15.7. The third-order valence-electron chi connectivity index (χ3n) is 3.10. The number of alkyl halides is 4. The molecule has 1 rings (SSSR count). The summed E-state index contributed by atoms with van der Waals surface area (Å²) in [4.78, 5) is 0. The van der Waals surface area contributed by atoms with Gasteiger partial charge in [-0.15, -0.1) is 0 Å². The molecule has 0 saturated heterocycles. The third kappa shape index (κ3) is 2.76. The van der Waals surface area contributed by atoms with E-state index in [4.69, 9.17) is 0 Å². The Kier molecular flexibility index (Phi) is 6.56. The average molecular weight is 478 g/mol. The molecule has 16 heavy (non-hydrogen) atoms. The summed E-state index contributed by atoms with van der Waals surface area (Å²) in [6, 6.07) is 0. The van der Waals surface area contributed by atoms with Crippen molar-refractivity contribution in [2.45, 2.75) is 35.2 Å². The summed E-state index contributed by atoms with van der Waals surface area (Å²) >= 11 is 14.4. The molecule has 0 saturated carbocycles. The lowest BCUT2D eigenvalue weighted by molar-refractivity contribution is 1.10. The summed E-state index contributed by atoms with van der Waals surface area (Å²) in [5.74, 6) is 0. The van der Waals surface area contributed by atoms with Gasteiger partial charge >= 0.3 is 0 Å². The first kappa shape index (κ1) is 15.2. The highest BCUT2D eigenvalue weighted by molar-refractivity contribution is 9.09. The van der Waals surface area contributed by atoms with E-state index in [1.54, 1.807) is 0 Å². The van der Waals surface area contributed by atoms with E-state index >= 15 is 0 Å². The normalized spacial score (nSPS) is 10.9. The summed E-state index contributed by atoms with van der Waals surface area (Å²) < 4.78 is 0. The minimum atomic E-state index is 0.913. The van der Waals surface area contributed by atoms with Crippen LogP contribution >= 0.6 is 63.7 Å². The van der Waals surface area contributed by atoms with Gasteiger partial charge in [0.1, 0.15) is 0 Å². The summed E-state index contributed by atoms with van der Waals surface area (Å²) in [6.07, 6.45) is 0. The zero-order valence-electron chi connectivity index (χ0n) is 9.34. The van der Waals surface area contributed by atoms with E-state index in [9.17, 15) is 0 Å². The Morgan fingerprint density at radius 1 is 0.562 bits per heavy atom. The zero-order chi connectivity index (χ0) is 12.3. The van der Waals surface area contributed by atoms with Gasteiger partial charge < -0.3 is 0 Å². The molecule has 0 radical (unpaired) electrons. The molecule has 0 aliphatic heterocycles. The Morgan fingerprint density at radius 3 is 1.00 bits per heavy atom. The van der Waals surface area contributed by atoms with Gasteiger partial charge in [-0.25, -0.2) is 0 Å². The lowest BCUT2D eigenvalue weighted by atomic mass is 9.90. The van der Waals surface area contributed by atoms with Crippen molar-refractivity contribution in [2.75, 3.05) is 0 Å². The van der Waals surface area contributed by atoms with E-state index in [1.165, 1.54) is 33.4 Å². The Morgan fingerprint density at radius 2 is 0.812 bits per heavy atom. The molecule has 0 bridgehead atoms. The second kappa shape index (κ2) is 6.91. The predicted molar refractivity (Wildman–Crippen MR) is 86.4 cm³/mol. The van der Waals surface area contributed by atoms with Crippen molar-refractivity contribution in [3.05, 3.63) is 33.4 Å². The fourth-order valence-electron chi connectivity index (χ4n) is 1.95. The molecule has 0 nitrogen and oxygen atoms in total. The predicted octanol–water partition coefficient (Wildman–Crippen LogP) is 5.88. The van der Waals surface area contributed by atoms with Crippen molar-refractivity contribution in [3.8, 4) is 0 Å². The van der Waals surface area contributed by atoms with Crippen LogP contribution in [-0.2, 0) is 21.3 Å². The molecule has 4 heteroatoms. The molecule has 90 valence electrons. The molecular formula is C12H14Br4. The van der Waals surface area contributed by atoms with Crippen molar-refractivity contribution in [1.82, 2.24) is 0 Å². The first-order chi connectivity index (χ1) is 7.62. The molecular weight excluding hydrogens is 464 g/mol. The van der Waals surface area contributed by atoms with E-state index in [0.717, 1.165) is 21.3 Å². The second-order valence-electron chi connectivity index (χ2n) is 3.70. The van der Waals surface area contributed by atoms with Crippen LogP contribution in [0.3, 0.4) is 0 Å². The molecule has 0 aliphatic rings. The molecule has 0 heterocycles. The topological polar surface area (TPSA) is 0 Å². The first-order valence-electron chi connectivity index (χ1n) is 4.98. The monoisotopic (exact) mass is 474 g/mol. The van der Waals surface area contributed by atoms with Gasteiger partial charge in [0.25, 0.3) is 0 Å². The van der Waals surface area contributed by atoms with Gasteiger partial charge in [-0.3, -0.25) is 0 Å². The van der Waals surface area contributed by atoms with E-state index < -0.39 is 0 Å². The fourth-order valence-corrected chi connectivity index (χ4v) is 4.83. The van der Waals surface area contributed by atoms with Gasteiger partial charge in [0.05, 0.1) is 0 Å². The average Bonchev–Trinajstić information content (AvgIpc) is 2.31. The molecule has 0 spiro atoms. The highest BCUT2D eigenvalue weighted by Gasteiger charge is 2.16. The summed E-state index contributed by atoms with van der Waals surface area (Å²) in [5.41, 5.74) is 8.51. The largest absolute Gasteiger partial charge is 0.0876 e. The van der Waals surface area contributed by atoms with Gasteiger partial charge in [-0.2, -0.15) is 0 Å². The van der Waals surface area contributed by atoms with Crippen LogP contribution in [0.4, 0.5) is 0 Å². The fraction of sp³-hybridized carbons (Fsp3) is 0.500. The quantitative estimate of drug-likeness (QED) is 0.475. The van der Waals surface area contributed by atoms with Crippen LogP contribution in [0.15, 0.2) is 0 Å². The minimum absolute atomic E-state index is 0.913. The summed E-state index contributed by atoms with van der Waals surface area (Å²) in [6.45, 7) is 4.42. The number of rotatable bonds is 4. The highest BCUT2D eigenvalue weighted by Crippen LogP contribution is 2.33. The van der Waals surface area contributed by atoms with Crippen molar-refractivity contribution in [1.29, 1.82) is 0 Å². The van der Waals surface area contributed by atoms with Crippen LogP contribution in [-0.4, -0.2) is 0 Å². The smallest absolute Gasteiger partial charge is 0.0289 e. The maximum absolute atomic E-state index is 3.61. The van der Waals surface area contributed by atoms with E-state index in [-0.39, 0.29) is 0 Å². The molecule has 0 amide bonds. The Labute approximate surface area is 131 Å². The van der Waals surface area contributed by atoms with Crippen molar-refractivity contribution in [2.24, 2.45) is 0 Å². The third-order valence-corrected chi connectivity index (χ3v) is 5.34. The molecule has 0 atom stereocenters. The van der Waals surface area contributed by atoms with Gasteiger partial charge in [0.2, 0.25) is 0 Å². The Bertz CT molecular complexity index is 348. The van der Waals surface area contributed by atoms with Gasteiger partial charge in [-0.1, -0.05) is 63.7 Å². The molecule has 0 aromatic heterocycles. The van der Waals surface area contributed by atoms with Crippen LogP contribution in [0.2, 0.25) is 0 Å². The second-order valence-corrected chi connectivity index (χ2v) is 5.94. The lowest BCUT2D eigenvalue weighted by Gasteiger charge is -2.20. The number of hydrogen-bond acceptors (Lipinski definition) is 0. The molecule has 0 aliphatic carbocycles. The van der Waals surface area contributed by atoms with E-state index in [0.29, 0.717) is 0 Å². The molecule has 0 fully saturated rings. The summed E-state index contributed by atoms with van der Waals surface area (Å²) in [5, 5.41) is 3.66. The molecule has 0 unspecified atom stereocenters. The Hall–Kier alpha value is 1.14. The molecule has 1 aromatic carbocycles. The van der Waals surface area contributed by atoms with Crippen LogP contribution in [0.5, 0.6) is 0 Å². The maximum Gasteiger partial charge on any atom is 0.0289 e. The minimum Gasteiger partial charge on any atom is -0.0876 e. The van der Waals surface area contributed by atoms with Crippen molar-refractivity contribution >= 4 is 63.7 Å². The Balaban J connectivity index is 3.61. The van der Waals surface area contributed by atoms with E-state index in [1.807, 2.05) is 0 Å². The summed E-state index contributed by atoms with van der Waals surface area (Å²) in [7, 11) is 0. The number of hydrogen-bond donors (Lipinski definition) is 0. The first-order valence-corrected chi connectivity index (χ1v) is 9.47. The lowest BCUT2D eigenvalue weighted by Crippen LogP contribution is -2.06. The van der Waals surface area contributed by atoms with Crippen molar-refractivity contribution in [3.63, 3.8) is 0 Å². The van der Waals surface area contributed by atoms with Crippen LogP contribution in [0.25, 0.3) is 0 Å². The SMILES string of the molecule is Cc1c(C)c(CBr)c(CBr)c(CBr)c1CBr. The number of benzene rings is 1. The number of halogens is 4. The molecule has 0 N–H and O–H groups in total. The van der Waals surface area contributed by atoms with Gasteiger partial charge in [-0.05, 0) is 47.2 Å². The van der Waals surface area contributed by atoms with Crippen LogP contribution in [0.1, 0.15) is 33.4 Å². The van der Waals surface area contributed by atoms with Crippen LogP contribution in [0, 0.1) is 13.8 Å². The standard InChI is InChI=1S/C12H14Br4/c1-7-8(2)10(4-14)12(6-16)11(5-15)9(7)3-13/h3-6H2,1-2H3. The van der Waals surface area contributed by atoms with Gasteiger partial charge in [0, 0.05) is 21.3 Å². The van der Waals surface area contributed by atoms with E-state index in [2.05, 4.69) is 77.6 Å². The maximum atomic E-state index is 3.61. The van der Waals surface area contributed by atoms with Gasteiger partial charge in [0.15, 0.2) is 0 Å².